The molecule has 1 spiro atoms. The largest absolute Gasteiger partial charge is 0.465 e. The summed E-state index contributed by atoms with van der Waals surface area (Å²) >= 11 is 0. The van der Waals surface area contributed by atoms with Crippen molar-refractivity contribution in [3.05, 3.63) is 52.6 Å². The molecule has 1 aromatic carbocycles. The topological polar surface area (TPSA) is 134 Å². The molecule has 0 saturated carbocycles. The first-order valence-electron chi connectivity index (χ1n) is 10.4. The van der Waals surface area contributed by atoms with Crippen LogP contribution in [0.15, 0.2) is 47.1 Å². The predicted octanol–water partition coefficient (Wildman–Crippen LogP) is 1.43. The molecule has 10 nitrogen and oxygen atoms in total. The summed E-state index contributed by atoms with van der Waals surface area (Å²) < 4.78 is 20.9. The molecule has 3 rings (SSSR count). The lowest BCUT2D eigenvalue weighted by Crippen LogP contribution is -2.51. The second kappa shape index (κ2) is 8.97. The van der Waals surface area contributed by atoms with E-state index in [0.29, 0.717) is 5.69 Å². The molecule has 2 aliphatic heterocycles. The number of nitrogens with zero attached hydrogens (tertiary/aromatic N) is 1. The van der Waals surface area contributed by atoms with E-state index in [-0.39, 0.29) is 35.0 Å². The molecule has 0 unspecified atom stereocenters. The van der Waals surface area contributed by atoms with E-state index in [1.165, 1.54) is 6.92 Å². The number of hydrogen-bond acceptors (Lipinski definition) is 9. The van der Waals surface area contributed by atoms with Gasteiger partial charge in [-0.15, -0.1) is 0 Å². The van der Waals surface area contributed by atoms with Crippen molar-refractivity contribution in [1.82, 2.24) is 0 Å². The summed E-state index contributed by atoms with van der Waals surface area (Å²) in [6, 6.07) is 6.48. The van der Waals surface area contributed by atoms with E-state index in [4.69, 9.17) is 24.7 Å². The molecule has 1 atom stereocenters. The Kier molecular flexibility index (Phi) is 6.48. The number of fused-ring (bicyclic) bond motifs is 2. The molecule has 0 saturated heterocycles. The average Bonchev–Trinajstić information content (AvgIpc) is 2.96. The van der Waals surface area contributed by atoms with Crippen molar-refractivity contribution in [3.8, 4) is 0 Å². The van der Waals surface area contributed by atoms with Crippen LogP contribution >= 0.6 is 0 Å². The van der Waals surface area contributed by atoms with Gasteiger partial charge < -0.3 is 24.7 Å². The fourth-order valence-corrected chi connectivity index (χ4v) is 4.20. The third-order valence-corrected chi connectivity index (χ3v) is 5.31. The van der Waals surface area contributed by atoms with Crippen LogP contribution in [0.1, 0.15) is 33.3 Å². The fourth-order valence-electron chi connectivity index (χ4n) is 4.20. The van der Waals surface area contributed by atoms with Crippen LogP contribution in [-0.2, 0) is 43.5 Å². The van der Waals surface area contributed by atoms with Crippen LogP contribution in [0.4, 0.5) is 5.69 Å². The van der Waals surface area contributed by atoms with E-state index in [2.05, 4.69) is 0 Å². The fraction of sp³-hybridized carbons (Fsp3) is 0.391. The maximum absolute atomic E-state index is 14.1. The highest BCUT2D eigenvalue weighted by Crippen LogP contribution is 2.54. The van der Waals surface area contributed by atoms with Crippen molar-refractivity contribution in [1.29, 1.82) is 0 Å². The van der Waals surface area contributed by atoms with Gasteiger partial charge in [0.2, 0.25) is 11.8 Å². The average molecular weight is 458 g/mol. The van der Waals surface area contributed by atoms with Crippen LogP contribution in [-0.4, -0.2) is 50.2 Å². The van der Waals surface area contributed by atoms with Crippen LogP contribution in [0.3, 0.4) is 0 Å². The molecule has 10 heteroatoms. The van der Waals surface area contributed by atoms with Crippen LogP contribution in [0.2, 0.25) is 0 Å². The maximum Gasteiger partial charge on any atom is 0.340 e. The van der Waals surface area contributed by atoms with Crippen LogP contribution in [0.25, 0.3) is 0 Å². The SMILES string of the molecule is CCOC(=O)CN1C(=O)[C@@]2(C(C(=O)OC(C)C)=C(C)OC(N)=C2C(=O)OC)c2ccccc21. The number of para-hydroxylation sites is 1. The Morgan fingerprint density at radius 3 is 2.42 bits per heavy atom. The van der Waals surface area contributed by atoms with Crippen LogP contribution in [0.5, 0.6) is 0 Å². The van der Waals surface area contributed by atoms with Gasteiger partial charge in [-0.05, 0) is 33.8 Å². The highest BCUT2D eigenvalue weighted by Gasteiger charge is 2.64. The number of methoxy groups -OCH3 is 1. The number of esters is 3. The number of hydrogen-bond donors (Lipinski definition) is 1. The normalized spacial score (nSPS) is 19.6. The Hall–Kier alpha value is -3.82. The van der Waals surface area contributed by atoms with Gasteiger partial charge in [0, 0.05) is 11.3 Å². The zero-order chi connectivity index (χ0) is 24.5. The minimum Gasteiger partial charge on any atom is -0.465 e. The van der Waals surface area contributed by atoms with Crippen molar-refractivity contribution in [2.45, 2.75) is 39.2 Å². The van der Waals surface area contributed by atoms with Gasteiger partial charge in [-0.2, -0.15) is 0 Å². The van der Waals surface area contributed by atoms with Crippen molar-refractivity contribution < 1.29 is 38.1 Å². The summed E-state index contributed by atoms with van der Waals surface area (Å²) in [4.78, 5) is 53.8. The number of nitrogens with two attached hydrogens (primary N) is 1. The molecule has 0 fully saturated rings. The van der Waals surface area contributed by atoms with Crippen molar-refractivity contribution >= 4 is 29.5 Å². The number of amides is 1. The first-order chi connectivity index (χ1) is 15.6. The van der Waals surface area contributed by atoms with Gasteiger partial charge in [0.1, 0.15) is 28.9 Å². The Morgan fingerprint density at radius 2 is 1.82 bits per heavy atom. The van der Waals surface area contributed by atoms with Crippen molar-refractivity contribution in [2.75, 3.05) is 25.2 Å². The Labute approximate surface area is 190 Å². The second-order valence-corrected chi connectivity index (χ2v) is 7.68. The number of allylic oxidation sites excluding steroid dienone is 1. The molecule has 0 aliphatic carbocycles. The van der Waals surface area contributed by atoms with Gasteiger partial charge in [-0.3, -0.25) is 14.5 Å². The lowest BCUT2D eigenvalue weighted by molar-refractivity contribution is -0.145. The molecular weight excluding hydrogens is 432 g/mol. The van der Waals surface area contributed by atoms with Gasteiger partial charge in [0.15, 0.2) is 0 Å². The van der Waals surface area contributed by atoms with E-state index in [9.17, 15) is 19.2 Å². The monoisotopic (exact) mass is 458 g/mol. The Morgan fingerprint density at radius 1 is 1.15 bits per heavy atom. The third-order valence-electron chi connectivity index (χ3n) is 5.31. The molecule has 176 valence electrons. The lowest BCUT2D eigenvalue weighted by atomic mass is 9.67. The zero-order valence-corrected chi connectivity index (χ0v) is 19.1. The molecule has 0 radical (unpaired) electrons. The second-order valence-electron chi connectivity index (χ2n) is 7.68. The first kappa shape index (κ1) is 23.8. The van der Waals surface area contributed by atoms with E-state index in [1.54, 1.807) is 45.0 Å². The van der Waals surface area contributed by atoms with Crippen molar-refractivity contribution in [3.63, 3.8) is 0 Å². The smallest absolute Gasteiger partial charge is 0.340 e. The number of benzene rings is 1. The Bertz CT molecular complexity index is 1090. The number of ether oxygens (including phenoxy) is 4. The quantitative estimate of drug-likeness (QED) is 0.496. The van der Waals surface area contributed by atoms with Gasteiger partial charge in [-0.1, -0.05) is 18.2 Å². The van der Waals surface area contributed by atoms with Gasteiger partial charge >= 0.3 is 17.9 Å². The molecule has 0 bridgehead atoms. The standard InChI is InChI=1S/C23H26N2O8/c1-6-31-16(26)11-25-15-10-8-7-9-14(15)23(22(25)29)17(21(28)32-12(2)3)13(4)33-19(24)18(23)20(27)30-5/h7-10,12H,6,11,24H2,1-5H3/t23-/m1/s1. The van der Waals surface area contributed by atoms with E-state index < -0.39 is 41.9 Å². The predicted molar refractivity (Wildman–Crippen MR) is 115 cm³/mol. The van der Waals surface area contributed by atoms with Gasteiger partial charge in [0.25, 0.3) is 0 Å². The molecular formula is C23H26N2O8. The highest BCUT2D eigenvalue weighted by atomic mass is 16.6. The zero-order valence-electron chi connectivity index (χ0n) is 19.1. The first-order valence-corrected chi connectivity index (χ1v) is 10.4. The van der Waals surface area contributed by atoms with Crippen molar-refractivity contribution in [2.24, 2.45) is 5.73 Å². The summed E-state index contributed by atoms with van der Waals surface area (Å²) in [6.07, 6.45) is -0.526. The minimum atomic E-state index is -2.03. The molecule has 2 aliphatic rings. The van der Waals surface area contributed by atoms with Crippen LogP contribution < -0.4 is 10.6 Å². The van der Waals surface area contributed by atoms with Gasteiger partial charge in [-0.25, -0.2) is 9.59 Å². The third kappa shape index (κ3) is 3.71. The lowest BCUT2D eigenvalue weighted by Gasteiger charge is -2.36. The van der Waals surface area contributed by atoms with Gasteiger partial charge in [0.05, 0.1) is 19.8 Å². The summed E-state index contributed by atoms with van der Waals surface area (Å²) in [5.41, 5.74) is 4.05. The summed E-state index contributed by atoms with van der Waals surface area (Å²) in [6.45, 7) is 6.06. The number of rotatable bonds is 6. The Balaban J connectivity index is 2.36. The molecule has 1 aromatic rings. The molecule has 2 heterocycles. The number of carbonyl (C=O) groups excluding carboxylic acids is 4. The molecule has 0 aromatic heterocycles. The molecule has 1 amide bonds. The summed E-state index contributed by atoms with van der Waals surface area (Å²) in [7, 11) is 1.12. The number of anilines is 1. The van der Waals surface area contributed by atoms with E-state index in [1.807, 2.05) is 0 Å². The summed E-state index contributed by atoms with van der Waals surface area (Å²) in [5.74, 6) is -3.63. The highest BCUT2D eigenvalue weighted by molar-refractivity contribution is 6.23. The number of carbonyl (C=O) groups is 4. The molecule has 2 N–H and O–H groups in total. The maximum atomic E-state index is 14.1. The van der Waals surface area contributed by atoms with E-state index >= 15 is 0 Å². The van der Waals surface area contributed by atoms with E-state index in [0.717, 1.165) is 12.0 Å². The van der Waals surface area contributed by atoms with Crippen LogP contribution in [0, 0.1) is 0 Å². The molecule has 33 heavy (non-hydrogen) atoms. The minimum absolute atomic E-state index is 0.00746. The summed E-state index contributed by atoms with van der Waals surface area (Å²) in [5, 5.41) is 0.